The van der Waals surface area contributed by atoms with Crippen molar-refractivity contribution in [1.82, 2.24) is 24.5 Å². The zero-order valence-electron chi connectivity index (χ0n) is 25.6. The Bertz CT molecular complexity index is 1310. The van der Waals surface area contributed by atoms with Crippen molar-refractivity contribution < 1.29 is 23.1 Å². The van der Waals surface area contributed by atoms with E-state index in [0.717, 1.165) is 23.6 Å². The molecule has 2 saturated carbocycles. The molecule has 1 atom stereocenters. The van der Waals surface area contributed by atoms with Crippen LogP contribution in [0.15, 0.2) is 18.3 Å². The van der Waals surface area contributed by atoms with E-state index in [1.165, 1.54) is 56.9 Å². The van der Waals surface area contributed by atoms with E-state index in [9.17, 15) is 23.1 Å². The van der Waals surface area contributed by atoms with Crippen molar-refractivity contribution in [2.45, 2.75) is 118 Å². The maximum atomic E-state index is 11.9. The lowest BCUT2D eigenvalue weighted by Crippen LogP contribution is -2.31. The molecule has 0 aromatic carbocycles. The van der Waals surface area contributed by atoms with Crippen LogP contribution in [-0.2, 0) is 6.54 Å². The lowest BCUT2D eigenvalue weighted by Gasteiger charge is -2.32. The minimum Gasteiger partial charge on any atom is -0.475 e. The van der Waals surface area contributed by atoms with Crippen LogP contribution in [0.4, 0.5) is 19.0 Å². The van der Waals surface area contributed by atoms with Crippen LogP contribution < -0.4 is 5.32 Å². The predicted molar refractivity (Wildman–Crippen MR) is 160 cm³/mol. The predicted octanol–water partition coefficient (Wildman–Crippen LogP) is 8.49. The lowest BCUT2D eigenvalue weighted by molar-refractivity contribution is -0.110. The van der Waals surface area contributed by atoms with Crippen LogP contribution in [0.3, 0.4) is 0 Å². The number of carboxylic acids is 1. The van der Waals surface area contributed by atoms with Gasteiger partial charge in [-0.25, -0.2) is 19.7 Å². The van der Waals surface area contributed by atoms with Gasteiger partial charge in [0, 0.05) is 25.7 Å². The number of nitrogens with one attached hydrogen (secondary N) is 1. The van der Waals surface area contributed by atoms with Gasteiger partial charge < -0.3 is 15.0 Å². The van der Waals surface area contributed by atoms with E-state index in [1.807, 2.05) is 26.1 Å². The molecule has 0 radical (unpaired) electrons. The number of aromatic carboxylic acids is 1. The van der Waals surface area contributed by atoms with Crippen LogP contribution in [0.25, 0.3) is 22.7 Å². The van der Waals surface area contributed by atoms with Gasteiger partial charge in [0.05, 0.1) is 0 Å². The van der Waals surface area contributed by atoms with Gasteiger partial charge in [-0.1, -0.05) is 53.4 Å². The number of hydrogen-bond donors (Lipinski definition) is 2. The number of fused-ring (bicyclic) bond motifs is 1. The highest BCUT2D eigenvalue weighted by Gasteiger charge is 2.28. The number of carboxylic acid groups (broad SMARTS) is 1. The van der Waals surface area contributed by atoms with Gasteiger partial charge in [-0.2, -0.15) is 13.2 Å². The first-order chi connectivity index (χ1) is 19.9. The highest BCUT2D eigenvalue weighted by Crippen LogP contribution is 2.35. The number of nitrogens with zero attached hydrogens (tertiary/aromatic N) is 5. The van der Waals surface area contributed by atoms with Gasteiger partial charge in [-0.15, -0.1) is 0 Å². The third-order valence-corrected chi connectivity index (χ3v) is 7.86. The molecule has 1 unspecified atom stereocenters. The van der Waals surface area contributed by atoms with Gasteiger partial charge in [-0.05, 0) is 68.1 Å². The molecule has 2 aliphatic carbocycles. The van der Waals surface area contributed by atoms with Crippen molar-refractivity contribution in [3.63, 3.8) is 0 Å². The molecule has 3 aromatic heterocycles. The van der Waals surface area contributed by atoms with Crippen LogP contribution in [0.1, 0.15) is 115 Å². The molecule has 0 amide bonds. The fourth-order valence-corrected chi connectivity index (χ4v) is 5.44. The molecule has 0 spiro atoms. The molecular formula is C31H45F3N6O2. The maximum absolute atomic E-state index is 11.9. The molecular weight excluding hydrogens is 545 g/mol. The molecule has 3 aromatic rings. The van der Waals surface area contributed by atoms with Crippen LogP contribution in [0.2, 0.25) is 0 Å². The number of imidazole rings is 1. The van der Waals surface area contributed by atoms with E-state index in [2.05, 4.69) is 51.7 Å². The SMILES string of the molecule is CC.CC(C)c1ccnc(-c2nc3nc(C(=O)O)nc(NC(C)C4CCC4)c3n2CC2CCCCC2)c1.CC(F)(F)F. The highest BCUT2D eigenvalue weighted by molar-refractivity contribution is 5.92. The van der Waals surface area contributed by atoms with Crippen molar-refractivity contribution >= 4 is 23.0 Å². The molecule has 2 aliphatic rings. The van der Waals surface area contributed by atoms with Gasteiger partial charge in [-0.3, -0.25) is 4.98 Å². The summed E-state index contributed by atoms with van der Waals surface area (Å²) in [5.74, 6) is 1.43. The van der Waals surface area contributed by atoms with Crippen LogP contribution >= 0.6 is 0 Å². The van der Waals surface area contributed by atoms with Crippen molar-refractivity contribution in [2.75, 3.05) is 5.32 Å². The summed E-state index contributed by atoms with van der Waals surface area (Å²) in [5.41, 5.74) is 3.20. The monoisotopic (exact) mass is 590 g/mol. The Labute approximate surface area is 246 Å². The Hall–Kier alpha value is -3.24. The van der Waals surface area contributed by atoms with Gasteiger partial charge in [0.1, 0.15) is 11.2 Å². The van der Waals surface area contributed by atoms with Crippen molar-refractivity contribution in [3.05, 3.63) is 29.7 Å². The maximum Gasteiger partial charge on any atom is 0.386 e. The number of anilines is 1. The summed E-state index contributed by atoms with van der Waals surface area (Å²) in [7, 11) is 0. The summed E-state index contributed by atoms with van der Waals surface area (Å²) in [6.07, 6.45) is 7.62. The van der Waals surface area contributed by atoms with E-state index in [-0.39, 0.29) is 18.8 Å². The summed E-state index contributed by atoms with van der Waals surface area (Å²) in [6.45, 7) is 11.5. The third-order valence-electron chi connectivity index (χ3n) is 7.86. The molecule has 0 bridgehead atoms. The van der Waals surface area contributed by atoms with Crippen LogP contribution in [0, 0.1) is 11.8 Å². The average Bonchev–Trinajstić information content (AvgIpc) is 3.27. The Kier molecular flexibility index (Phi) is 11.7. The fraction of sp³-hybridized carbons (Fsp3) is 0.645. The minimum atomic E-state index is -4.00. The lowest BCUT2D eigenvalue weighted by atomic mass is 9.80. The number of hydrogen-bond acceptors (Lipinski definition) is 6. The number of rotatable bonds is 8. The third kappa shape index (κ3) is 8.88. The topological polar surface area (TPSA) is 106 Å². The van der Waals surface area contributed by atoms with Crippen molar-refractivity contribution in [3.8, 4) is 11.5 Å². The Morgan fingerprint density at radius 3 is 2.24 bits per heavy atom. The molecule has 42 heavy (non-hydrogen) atoms. The molecule has 2 N–H and O–H groups in total. The first-order valence-electron chi connectivity index (χ1n) is 15.2. The largest absolute Gasteiger partial charge is 0.475 e. The molecule has 3 heterocycles. The number of halogens is 3. The summed E-state index contributed by atoms with van der Waals surface area (Å²) in [5, 5.41) is 13.3. The van der Waals surface area contributed by atoms with E-state index in [4.69, 9.17) is 4.98 Å². The van der Waals surface area contributed by atoms with Gasteiger partial charge in [0.15, 0.2) is 17.3 Å². The average molecular weight is 591 g/mol. The van der Waals surface area contributed by atoms with E-state index < -0.39 is 12.1 Å². The summed E-state index contributed by atoms with van der Waals surface area (Å²) in [4.78, 5) is 30.3. The van der Waals surface area contributed by atoms with E-state index >= 15 is 0 Å². The Balaban J connectivity index is 0.000000627. The smallest absolute Gasteiger partial charge is 0.386 e. The van der Waals surface area contributed by atoms with E-state index in [0.29, 0.717) is 29.2 Å². The summed E-state index contributed by atoms with van der Waals surface area (Å²) >= 11 is 0. The van der Waals surface area contributed by atoms with Crippen molar-refractivity contribution in [1.29, 1.82) is 0 Å². The Morgan fingerprint density at radius 2 is 1.69 bits per heavy atom. The molecule has 8 nitrogen and oxygen atoms in total. The molecule has 11 heteroatoms. The summed E-state index contributed by atoms with van der Waals surface area (Å²) in [6, 6.07) is 4.34. The number of pyridine rings is 1. The first kappa shape index (κ1) is 33.3. The van der Waals surface area contributed by atoms with Gasteiger partial charge in [0.2, 0.25) is 5.82 Å². The Morgan fingerprint density at radius 1 is 1.05 bits per heavy atom. The van der Waals surface area contributed by atoms with E-state index in [1.54, 1.807) is 0 Å². The highest BCUT2D eigenvalue weighted by atomic mass is 19.4. The zero-order valence-corrected chi connectivity index (χ0v) is 25.6. The second-order valence-corrected chi connectivity index (χ2v) is 11.5. The van der Waals surface area contributed by atoms with Crippen molar-refractivity contribution in [2.24, 2.45) is 11.8 Å². The van der Waals surface area contributed by atoms with Crippen LogP contribution in [0.5, 0.6) is 0 Å². The second-order valence-electron chi connectivity index (χ2n) is 11.5. The van der Waals surface area contributed by atoms with Gasteiger partial charge in [0.25, 0.3) is 0 Å². The van der Waals surface area contributed by atoms with Crippen LogP contribution in [-0.4, -0.2) is 47.8 Å². The zero-order chi connectivity index (χ0) is 31.0. The number of carbonyl (C=O) groups is 1. The molecule has 0 aliphatic heterocycles. The normalized spacial score (nSPS) is 16.6. The summed E-state index contributed by atoms with van der Waals surface area (Å²) < 4.78 is 33.3. The minimum absolute atomic E-state index is 0.188. The quantitative estimate of drug-likeness (QED) is 0.271. The first-order valence-corrected chi connectivity index (χ1v) is 15.2. The fourth-order valence-electron chi connectivity index (χ4n) is 5.44. The molecule has 232 valence electrons. The molecule has 0 saturated heterocycles. The number of aromatic nitrogens is 5. The molecule has 2 fully saturated rings. The van der Waals surface area contributed by atoms with Gasteiger partial charge >= 0.3 is 12.1 Å². The standard InChI is InChI=1S/C27H36N6O2.C2H3F3.C2H6/c1-16(2)20-12-13-28-21(14-20)26-32-24-22(33(26)15-18-8-5-4-6-9-18)23(30-25(31-24)27(34)35)29-17(3)19-10-7-11-19;1-2(3,4)5;1-2/h12-14,16-19H,4-11,15H2,1-3H3,(H,34,35)(H,29,30,31);1H3;1-2H3. The molecule has 5 rings (SSSR count). The second kappa shape index (κ2) is 14.8. The number of alkyl halides is 3.